The van der Waals surface area contributed by atoms with Gasteiger partial charge in [0.05, 0.1) is 5.60 Å². The van der Waals surface area contributed by atoms with Crippen LogP contribution in [0.2, 0.25) is 0 Å². The van der Waals surface area contributed by atoms with E-state index in [2.05, 4.69) is 6.92 Å². The molecule has 0 unspecified atom stereocenters. The zero-order chi connectivity index (χ0) is 8.98. The van der Waals surface area contributed by atoms with Crippen molar-refractivity contribution in [1.29, 1.82) is 0 Å². The summed E-state index contributed by atoms with van der Waals surface area (Å²) in [6, 6.07) is 0. The third kappa shape index (κ3) is 0.826. The van der Waals surface area contributed by atoms with Crippen molar-refractivity contribution in [2.24, 2.45) is 17.3 Å². The average Bonchev–Trinajstić information content (AvgIpc) is 2.00. The van der Waals surface area contributed by atoms with E-state index < -0.39 is 5.60 Å². The van der Waals surface area contributed by atoms with Crippen molar-refractivity contribution in [2.45, 2.75) is 38.7 Å². The van der Waals surface area contributed by atoms with Gasteiger partial charge < -0.3 is 10.2 Å². The normalized spacial score (nSPS) is 58.0. The van der Waals surface area contributed by atoms with Crippen molar-refractivity contribution in [3.8, 4) is 0 Å². The summed E-state index contributed by atoms with van der Waals surface area (Å²) in [7, 11) is 0. The lowest BCUT2D eigenvalue weighted by molar-refractivity contribution is -0.214. The predicted molar refractivity (Wildman–Crippen MR) is 46.6 cm³/mol. The lowest BCUT2D eigenvalue weighted by Crippen LogP contribution is -2.62. The van der Waals surface area contributed by atoms with Crippen LogP contribution in [-0.2, 0) is 0 Å². The Morgan fingerprint density at radius 1 is 1.42 bits per heavy atom. The molecule has 2 bridgehead atoms. The van der Waals surface area contributed by atoms with E-state index in [0.29, 0.717) is 11.8 Å². The lowest BCUT2D eigenvalue weighted by Gasteiger charge is -2.63. The third-order valence-electron chi connectivity index (χ3n) is 4.34. The van der Waals surface area contributed by atoms with Gasteiger partial charge in [0, 0.05) is 6.61 Å². The van der Waals surface area contributed by atoms with Crippen molar-refractivity contribution >= 4 is 0 Å². The molecule has 0 aliphatic heterocycles. The highest BCUT2D eigenvalue weighted by Crippen LogP contribution is 2.62. The molecule has 12 heavy (non-hydrogen) atoms. The van der Waals surface area contributed by atoms with Gasteiger partial charge in [0.2, 0.25) is 0 Å². The molecule has 70 valence electrons. The Hall–Kier alpha value is -0.0800. The van der Waals surface area contributed by atoms with Crippen LogP contribution in [0.4, 0.5) is 0 Å². The zero-order valence-electron chi connectivity index (χ0n) is 7.88. The molecule has 0 heterocycles. The summed E-state index contributed by atoms with van der Waals surface area (Å²) in [5.74, 6) is 0.987. The first-order valence-corrected chi connectivity index (χ1v) is 4.84. The Balaban J connectivity index is 2.22. The molecule has 2 N–H and O–H groups in total. The highest BCUT2D eigenvalue weighted by Gasteiger charge is 2.60. The molecule has 2 nitrogen and oxygen atoms in total. The van der Waals surface area contributed by atoms with Gasteiger partial charge in [-0.25, -0.2) is 0 Å². The molecule has 3 saturated carbocycles. The highest BCUT2D eigenvalue weighted by molar-refractivity contribution is 5.10. The van der Waals surface area contributed by atoms with E-state index in [4.69, 9.17) is 0 Å². The molecule has 0 spiro atoms. The van der Waals surface area contributed by atoms with Crippen LogP contribution in [0.15, 0.2) is 0 Å². The molecule has 0 aromatic heterocycles. The second-order valence-corrected chi connectivity index (χ2v) is 5.04. The fourth-order valence-electron chi connectivity index (χ4n) is 3.24. The van der Waals surface area contributed by atoms with Gasteiger partial charge in [0.1, 0.15) is 0 Å². The van der Waals surface area contributed by atoms with Gasteiger partial charge in [-0.05, 0) is 43.4 Å². The van der Waals surface area contributed by atoms with E-state index in [-0.39, 0.29) is 12.0 Å². The summed E-state index contributed by atoms with van der Waals surface area (Å²) >= 11 is 0. The number of aliphatic hydroxyl groups excluding tert-OH is 1. The van der Waals surface area contributed by atoms with Crippen LogP contribution in [-0.4, -0.2) is 22.4 Å². The Morgan fingerprint density at radius 2 is 2.08 bits per heavy atom. The Morgan fingerprint density at radius 3 is 2.42 bits per heavy atom. The monoisotopic (exact) mass is 170 g/mol. The Kier molecular flexibility index (Phi) is 1.59. The molecule has 3 fully saturated rings. The molecule has 2 heteroatoms. The largest absolute Gasteiger partial charge is 0.396 e. The van der Waals surface area contributed by atoms with Crippen LogP contribution in [0, 0.1) is 17.3 Å². The molecule has 4 atom stereocenters. The first-order valence-electron chi connectivity index (χ1n) is 4.84. The van der Waals surface area contributed by atoms with Gasteiger partial charge in [-0.15, -0.1) is 0 Å². The standard InChI is InChI=1S/C10H18O2/c1-9(6-11)7-3-4-10(2,12)8(9)5-7/h7-8,11-12H,3-6H2,1-2H3/t7-,8+,9-,10+/m0/s1. The van der Waals surface area contributed by atoms with Crippen LogP contribution >= 0.6 is 0 Å². The topological polar surface area (TPSA) is 40.5 Å². The van der Waals surface area contributed by atoms with Crippen LogP contribution in [0.1, 0.15) is 33.1 Å². The van der Waals surface area contributed by atoms with Crippen LogP contribution in [0.5, 0.6) is 0 Å². The molecule has 0 aromatic rings. The van der Waals surface area contributed by atoms with E-state index in [0.717, 1.165) is 19.3 Å². The quantitative estimate of drug-likeness (QED) is 0.620. The number of aliphatic hydroxyl groups is 2. The van der Waals surface area contributed by atoms with Gasteiger partial charge in [-0.3, -0.25) is 0 Å². The van der Waals surface area contributed by atoms with Crippen molar-refractivity contribution in [3.63, 3.8) is 0 Å². The van der Waals surface area contributed by atoms with Crippen LogP contribution in [0.3, 0.4) is 0 Å². The first-order chi connectivity index (χ1) is 5.50. The van der Waals surface area contributed by atoms with Gasteiger partial charge >= 0.3 is 0 Å². The van der Waals surface area contributed by atoms with E-state index in [1.165, 1.54) is 0 Å². The molecule has 0 saturated heterocycles. The molecule has 0 amide bonds. The molecule has 3 aliphatic rings. The fourth-order valence-corrected chi connectivity index (χ4v) is 3.24. The first kappa shape index (κ1) is 8.52. The van der Waals surface area contributed by atoms with E-state index in [9.17, 15) is 10.2 Å². The summed E-state index contributed by atoms with van der Waals surface area (Å²) < 4.78 is 0. The highest BCUT2D eigenvalue weighted by atomic mass is 16.3. The molecule has 0 aromatic carbocycles. The SMILES string of the molecule is C[C@]1(CO)[C@H]2CC[C@@](C)(O)[C@@H]1C2. The summed E-state index contributed by atoms with van der Waals surface area (Å²) in [4.78, 5) is 0. The number of rotatable bonds is 1. The van der Waals surface area contributed by atoms with E-state index in [1.54, 1.807) is 0 Å². The maximum Gasteiger partial charge on any atom is 0.0654 e. The second-order valence-electron chi connectivity index (χ2n) is 5.04. The van der Waals surface area contributed by atoms with Crippen molar-refractivity contribution < 1.29 is 10.2 Å². The summed E-state index contributed by atoms with van der Waals surface area (Å²) in [5, 5.41) is 19.3. The molecular weight excluding hydrogens is 152 g/mol. The summed E-state index contributed by atoms with van der Waals surface area (Å²) in [6.07, 6.45) is 3.11. The van der Waals surface area contributed by atoms with Crippen molar-refractivity contribution in [1.82, 2.24) is 0 Å². The van der Waals surface area contributed by atoms with Gasteiger partial charge in [-0.1, -0.05) is 6.92 Å². The van der Waals surface area contributed by atoms with Crippen molar-refractivity contribution in [2.75, 3.05) is 6.61 Å². The zero-order valence-corrected chi connectivity index (χ0v) is 7.88. The lowest BCUT2D eigenvalue weighted by atomic mass is 9.44. The minimum atomic E-state index is -0.522. The molecular formula is C10H18O2. The fraction of sp³-hybridized carbons (Fsp3) is 1.00. The number of hydrogen-bond acceptors (Lipinski definition) is 2. The maximum absolute atomic E-state index is 10.0. The summed E-state index contributed by atoms with van der Waals surface area (Å²) in [6.45, 7) is 4.26. The average molecular weight is 170 g/mol. The molecule has 0 radical (unpaired) electrons. The van der Waals surface area contributed by atoms with Gasteiger partial charge in [0.15, 0.2) is 0 Å². The minimum absolute atomic E-state index is 0.0156. The van der Waals surface area contributed by atoms with Crippen LogP contribution < -0.4 is 0 Å². The number of fused-ring (bicyclic) bond motifs is 2. The number of hydrogen-bond donors (Lipinski definition) is 2. The van der Waals surface area contributed by atoms with E-state index >= 15 is 0 Å². The smallest absolute Gasteiger partial charge is 0.0654 e. The maximum atomic E-state index is 10.0. The Bertz CT molecular complexity index is 198. The molecule has 3 rings (SSSR count). The Labute approximate surface area is 73.6 Å². The minimum Gasteiger partial charge on any atom is -0.396 e. The van der Waals surface area contributed by atoms with E-state index in [1.807, 2.05) is 6.92 Å². The van der Waals surface area contributed by atoms with Crippen LogP contribution in [0.25, 0.3) is 0 Å². The second kappa shape index (κ2) is 2.24. The summed E-state index contributed by atoms with van der Waals surface area (Å²) in [5.41, 5.74) is -0.506. The predicted octanol–water partition coefficient (Wildman–Crippen LogP) is 1.17. The third-order valence-corrected chi connectivity index (χ3v) is 4.34. The van der Waals surface area contributed by atoms with Crippen molar-refractivity contribution in [3.05, 3.63) is 0 Å². The molecule has 3 aliphatic carbocycles. The van der Waals surface area contributed by atoms with Gasteiger partial charge in [-0.2, -0.15) is 0 Å². The van der Waals surface area contributed by atoms with Gasteiger partial charge in [0.25, 0.3) is 0 Å².